The molecule has 0 aromatic carbocycles. The SMILES string of the molecule is CCc1nc(CNc2ccc(F)cn2)cs1. The van der Waals surface area contributed by atoms with Crippen molar-refractivity contribution < 1.29 is 4.39 Å². The molecule has 0 aliphatic rings. The van der Waals surface area contributed by atoms with E-state index in [0.29, 0.717) is 12.4 Å². The van der Waals surface area contributed by atoms with Gasteiger partial charge in [0, 0.05) is 5.38 Å². The molecule has 0 saturated carbocycles. The van der Waals surface area contributed by atoms with Crippen molar-refractivity contribution >= 4 is 17.2 Å². The summed E-state index contributed by atoms with van der Waals surface area (Å²) in [7, 11) is 0. The van der Waals surface area contributed by atoms with E-state index in [9.17, 15) is 4.39 Å². The molecule has 0 spiro atoms. The summed E-state index contributed by atoms with van der Waals surface area (Å²) in [5, 5.41) is 6.24. The van der Waals surface area contributed by atoms with E-state index in [1.165, 1.54) is 12.3 Å². The Balaban J connectivity index is 1.94. The van der Waals surface area contributed by atoms with Crippen LogP contribution >= 0.6 is 11.3 Å². The van der Waals surface area contributed by atoms with Crippen molar-refractivity contribution in [1.82, 2.24) is 9.97 Å². The standard InChI is InChI=1S/C11H12FN3S/c1-2-11-15-9(7-16-11)6-14-10-4-3-8(12)5-13-10/h3-5,7H,2,6H2,1H3,(H,13,14). The zero-order valence-corrected chi connectivity index (χ0v) is 9.72. The first-order valence-corrected chi connectivity index (χ1v) is 5.94. The minimum atomic E-state index is -0.326. The number of rotatable bonds is 4. The topological polar surface area (TPSA) is 37.8 Å². The molecular formula is C11H12FN3S. The van der Waals surface area contributed by atoms with Crippen LogP contribution in [0.15, 0.2) is 23.7 Å². The average Bonchev–Trinajstić information content (AvgIpc) is 2.76. The maximum Gasteiger partial charge on any atom is 0.141 e. The highest BCUT2D eigenvalue weighted by molar-refractivity contribution is 7.09. The highest BCUT2D eigenvalue weighted by atomic mass is 32.1. The summed E-state index contributed by atoms with van der Waals surface area (Å²) in [5.41, 5.74) is 0.993. The summed E-state index contributed by atoms with van der Waals surface area (Å²) >= 11 is 1.66. The number of aromatic nitrogens is 2. The van der Waals surface area contributed by atoms with Crippen LogP contribution in [0.25, 0.3) is 0 Å². The molecule has 0 aliphatic carbocycles. The molecule has 0 unspecified atom stereocenters. The fourth-order valence-corrected chi connectivity index (χ4v) is 2.00. The van der Waals surface area contributed by atoms with E-state index in [4.69, 9.17) is 0 Å². The van der Waals surface area contributed by atoms with Crippen LogP contribution in [-0.4, -0.2) is 9.97 Å². The second kappa shape index (κ2) is 5.03. The van der Waals surface area contributed by atoms with E-state index in [1.807, 2.05) is 5.38 Å². The van der Waals surface area contributed by atoms with Gasteiger partial charge >= 0.3 is 0 Å². The van der Waals surface area contributed by atoms with Crippen molar-refractivity contribution in [2.45, 2.75) is 19.9 Å². The Kier molecular flexibility index (Phi) is 3.46. The summed E-state index contributed by atoms with van der Waals surface area (Å²) in [6.07, 6.45) is 2.15. The molecule has 0 amide bonds. The fourth-order valence-electron chi connectivity index (χ4n) is 1.25. The first-order chi connectivity index (χ1) is 7.78. The highest BCUT2D eigenvalue weighted by Gasteiger charge is 2.00. The second-order valence-corrected chi connectivity index (χ2v) is 4.24. The molecule has 0 bridgehead atoms. The normalized spacial score (nSPS) is 10.4. The lowest BCUT2D eigenvalue weighted by Crippen LogP contribution is -2.01. The van der Waals surface area contributed by atoms with Gasteiger partial charge in [0.25, 0.3) is 0 Å². The van der Waals surface area contributed by atoms with Crippen LogP contribution in [0.4, 0.5) is 10.2 Å². The molecule has 2 aromatic rings. The molecule has 16 heavy (non-hydrogen) atoms. The molecule has 0 fully saturated rings. The summed E-state index contributed by atoms with van der Waals surface area (Å²) in [6, 6.07) is 3.00. The predicted molar refractivity (Wildman–Crippen MR) is 63.0 cm³/mol. The van der Waals surface area contributed by atoms with Gasteiger partial charge in [-0.25, -0.2) is 14.4 Å². The van der Waals surface area contributed by atoms with E-state index >= 15 is 0 Å². The second-order valence-electron chi connectivity index (χ2n) is 3.30. The third kappa shape index (κ3) is 2.76. The number of halogens is 1. The largest absolute Gasteiger partial charge is 0.364 e. The lowest BCUT2D eigenvalue weighted by molar-refractivity contribution is 0.621. The fraction of sp³-hybridized carbons (Fsp3) is 0.273. The molecule has 2 rings (SSSR count). The van der Waals surface area contributed by atoms with Crippen LogP contribution in [0.2, 0.25) is 0 Å². The van der Waals surface area contributed by atoms with Gasteiger partial charge in [-0.15, -0.1) is 11.3 Å². The van der Waals surface area contributed by atoms with Gasteiger partial charge < -0.3 is 5.32 Å². The minimum absolute atomic E-state index is 0.326. The maximum atomic E-state index is 12.6. The third-order valence-corrected chi connectivity index (χ3v) is 3.12. The number of aryl methyl sites for hydroxylation is 1. The molecule has 0 saturated heterocycles. The first-order valence-electron chi connectivity index (χ1n) is 5.06. The molecule has 0 atom stereocenters. The van der Waals surface area contributed by atoms with Crippen molar-refractivity contribution in [3.8, 4) is 0 Å². The highest BCUT2D eigenvalue weighted by Crippen LogP contribution is 2.12. The molecule has 2 heterocycles. The molecule has 3 nitrogen and oxygen atoms in total. The zero-order chi connectivity index (χ0) is 11.4. The van der Waals surface area contributed by atoms with Gasteiger partial charge in [0.1, 0.15) is 11.6 Å². The van der Waals surface area contributed by atoms with E-state index < -0.39 is 0 Å². The van der Waals surface area contributed by atoms with Crippen molar-refractivity contribution in [2.75, 3.05) is 5.32 Å². The monoisotopic (exact) mass is 237 g/mol. The Morgan fingerprint density at radius 1 is 1.44 bits per heavy atom. The van der Waals surface area contributed by atoms with Gasteiger partial charge in [-0.1, -0.05) is 6.92 Å². The van der Waals surface area contributed by atoms with E-state index in [-0.39, 0.29) is 5.82 Å². The van der Waals surface area contributed by atoms with E-state index in [2.05, 4.69) is 22.2 Å². The third-order valence-electron chi connectivity index (χ3n) is 2.08. The van der Waals surface area contributed by atoms with Crippen molar-refractivity contribution in [2.24, 2.45) is 0 Å². The molecule has 2 aromatic heterocycles. The quantitative estimate of drug-likeness (QED) is 0.888. The van der Waals surface area contributed by atoms with Crippen molar-refractivity contribution in [3.05, 3.63) is 40.2 Å². The van der Waals surface area contributed by atoms with E-state index in [1.54, 1.807) is 17.4 Å². The number of hydrogen-bond donors (Lipinski definition) is 1. The number of nitrogens with one attached hydrogen (secondary N) is 1. The van der Waals surface area contributed by atoms with Crippen LogP contribution in [-0.2, 0) is 13.0 Å². The number of pyridine rings is 1. The predicted octanol–water partition coefficient (Wildman–Crippen LogP) is 2.85. The van der Waals surface area contributed by atoms with Gasteiger partial charge in [0.2, 0.25) is 0 Å². The van der Waals surface area contributed by atoms with Crippen molar-refractivity contribution in [3.63, 3.8) is 0 Å². The Labute approximate surface area is 97.4 Å². The number of thiazole rings is 1. The maximum absolute atomic E-state index is 12.6. The lowest BCUT2D eigenvalue weighted by atomic mass is 10.4. The molecule has 0 aliphatic heterocycles. The summed E-state index contributed by atoms with van der Waals surface area (Å²) in [6.45, 7) is 2.70. The van der Waals surface area contributed by atoms with Crippen molar-refractivity contribution in [1.29, 1.82) is 0 Å². The molecule has 0 radical (unpaired) electrons. The van der Waals surface area contributed by atoms with Crippen LogP contribution in [0.1, 0.15) is 17.6 Å². The lowest BCUT2D eigenvalue weighted by Gasteiger charge is -2.02. The first kappa shape index (κ1) is 11.0. The molecular weight excluding hydrogens is 225 g/mol. The van der Waals surface area contributed by atoms with E-state index in [0.717, 1.165) is 17.1 Å². The molecule has 5 heteroatoms. The van der Waals surface area contributed by atoms with Gasteiger partial charge in [-0.3, -0.25) is 0 Å². The van der Waals surface area contributed by atoms with Crippen LogP contribution in [0.3, 0.4) is 0 Å². The summed E-state index contributed by atoms with van der Waals surface area (Å²) in [5.74, 6) is 0.333. The Hall–Kier alpha value is -1.49. The number of nitrogens with zero attached hydrogens (tertiary/aromatic N) is 2. The zero-order valence-electron chi connectivity index (χ0n) is 8.90. The Morgan fingerprint density at radius 3 is 2.94 bits per heavy atom. The summed E-state index contributed by atoms with van der Waals surface area (Å²) in [4.78, 5) is 8.33. The summed E-state index contributed by atoms with van der Waals surface area (Å²) < 4.78 is 12.6. The van der Waals surface area contributed by atoms with Gasteiger partial charge in [0.05, 0.1) is 23.4 Å². The number of hydrogen-bond acceptors (Lipinski definition) is 4. The Morgan fingerprint density at radius 2 is 2.31 bits per heavy atom. The van der Waals surface area contributed by atoms with Crippen LogP contribution in [0, 0.1) is 5.82 Å². The minimum Gasteiger partial charge on any atom is -0.364 e. The van der Waals surface area contributed by atoms with Crippen LogP contribution < -0.4 is 5.32 Å². The van der Waals surface area contributed by atoms with Gasteiger partial charge in [-0.2, -0.15) is 0 Å². The van der Waals surface area contributed by atoms with Gasteiger partial charge in [-0.05, 0) is 18.6 Å². The smallest absolute Gasteiger partial charge is 0.141 e. The molecule has 84 valence electrons. The van der Waals surface area contributed by atoms with Crippen LogP contribution in [0.5, 0.6) is 0 Å². The van der Waals surface area contributed by atoms with Gasteiger partial charge in [0.15, 0.2) is 0 Å². The molecule has 1 N–H and O–H groups in total. The Bertz CT molecular complexity index is 453. The number of anilines is 1. The average molecular weight is 237 g/mol.